The summed E-state index contributed by atoms with van der Waals surface area (Å²) in [6.07, 6.45) is 9.16. The monoisotopic (exact) mass is 526 g/mol. The number of aryl methyl sites for hydroxylation is 2. The summed E-state index contributed by atoms with van der Waals surface area (Å²) >= 11 is 0. The maximum Gasteiger partial charge on any atom is 0.00936 e. The van der Waals surface area contributed by atoms with Crippen LogP contribution in [-0.4, -0.2) is 0 Å². The molecule has 0 amide bonds. The Morgan fingerprint density at radius 1 is 0.463 bits per heavy atom. The fourth-order valence-electron chi connectivity index (χ4n) is 6.74. The Morgan fingerprint density at radius 2 is 1.02 bits per heavy atom. The van der Waals surface area contributed by atoms with Crippen LogP contribution in [-0.2, 0) is 0 Å². The van der Waals surface area contributed by atoms with Crippen molar-refractivity contribution in [2.24, 2.45) is 5.92 Å². The molecule has 0 nitrogen and oxygen atoms in total. The Hall–Kier alpha value is -4.68. The predicted octanol–water partition coefficient (Wildman–Crippen LogP) is 11.5. The molecule has 1 aliphatic rings. The summed E-state index contributed by atoms with van der Waals surface area (Å²) in [4.78, 5) is 0. The molecular formula is C41H34. The highest BCUT2D eigenvalue weighted by atomic mass is 14.3. The molecule has 6 aromatic rings. The van der Waals surface area contributed by atoms with Crippen molar-refractivity contribution in [2.45, 2.75) is 26.7 Å². The maximum absolute atomic E-state index is 2.45. The standard InChI is InChI=1S/C41H34/c1-27-13-7-10-18-33(27)31-22-24-37-38(25-31)40(30-16-5-4-6-17-30)36-23-21-32(34-19-11-8-14-28(34)2)26-39(36)41(37)35-20-12-9-15-29(35)3/h4-26,29,35H,1-3H3. The molecule has 0 saturated carbocycles. The Bertz CT molecular complexity index is 1970. The molecule has 6 aromatic carbocycles. The lowest BCUT2D eigenvalue weighted by molar-refractivity contribution is 0.643. The first-order chi connectivity index (χ1) is 20.1. The van der Waals surface area contributed by atoms with Gasteiger partial charge in [-0.1, -0.05) is 134 Å². The number of benzene rings is 6. The van der Waals surface area contributed by atoms with E-state index in [1.54, 1.807) is 0 Å². The molecule has 0 N–H and O–H groups in total. The van der Waals surface area contributed by atoms with Crippen molar-refractivity contribution in [3.63, 3.8) is 0 Å². The van der Waals surface area contributed by atoms with Crippen molar-refractivity contribution in [3.05, 3.63) is 156 Å². The van der Waals surface area contributed by atoms with Gasteiger partial charge < -0.3 is 0 Å². The van der Waals surface area contributed by atoms with Crippen LogP contribution in [0.1, 0.15) is 29.5 Å². The van der Waals surface area contributed by atoms with E-state index in [0.717, 1.165) is 0 Å². The fraction of sp³-hybridized carbons (Fsp3) is 0.122. The fourth-order valence-corrected chi connectivity index (χ4v) is 6.74. The smallest absolute Gasteiger partial charge is 0.00936 e. The van der Waals surface area contributed by atoms with Crippen molar-refractivity contribution in [1.29, 1.82) is 0 Å². The van der Waals surface area contributed by atoms with Gasteiger partial charge >= 0.3 is 0 Å². The highest BCUT2D eigenvalue weighted by Crippen LogP contribution is 2.47. The van der Waals surface area contributed by atoms with Gasteiger partial charge in [0.2, 0.25) is 0 Å². The van der Waals surface area contributed by atoms with Crippen LogP contribution in [0.3, 0.4) is 0 Å². The van der Waals surface area contributed by atoms with E-state index in [0.29, 0.717) is 11.8 Å². The number of hydrogen-bond donors (Lipinski definition) is 0. The van der Waals surface area contributed by atoms with Gasteiger partial charge in [0.25, 0.3) is 0 Å². The van der Waals surface area contributed by atoms with E-state index >= 15 is 0 Å². The van der Waals surface area contributed by atoms with Crippen LogP contribution in [0.25, 0.3) is 54.9 Å². The molecule has 0 spiro atoms. The van der Waals surface area contributed by atoms with Gasteiger partial charge in [-0.15, -0.1) is 0 Å². The summed E-state index contributed by atoms with van der Waals surface area (Å²) in [5.74, 6) is 0.707. The lowest BCUT2D eigenvalue weighted by Crippen LogP contribution is -2.09. The Morgan fingerprint density at radius 3 is 1.66 bits per heavy atom. The van der Waals surface area contributed by atoms with E-state index < -0.39 is 0 Å². The van der Waals surface area contributed by atoms with Crippen molar-refractivity contribution >= 4 is 21.5 Å². The summed E-state index contributed by atoms with van der Waals surface area (Å²) in [6.45, 7) is 6.76. The third-order valence-electron chi connectivity index (χ3n) is 8.88. The zero-order chi connectivity index (χ0) is 27.9. The summed E-state index contributed by atoms with van der Waals surface area (Å²) < 4.78 is 0. The van der Waals surface area contributed by atoms with Gasteiger partial charge in [-0.25, -0.2) is 0 Å². The van der Waals surface area contributed by atoms with Gasteiger partial charge in [-0.3, -0.25) is 0 Å². The third kappa shape index (κ3) is 4.41. The van der Waals surface area contributed by atoms with Gasteiger partial charge in [0, 0.05) is 5.92 Å². The maximum atomic E-state index is 2.45. The molecular weight excluding hydrogens is 492 g/mol. The van der Waals surface area contributed by atoms with E-state index in [1.807, 2.05) is 0 Å². The molecule has 0 bridgehead atoms. The molecule has 2 atom stereocenters. The van der Waals surface area contributed by atoms with Gasteiger partial charge in [0.15, 0.2) is 0 Å². The van der Waals surface area contributed by atoms with Gasteiger partial charge in [0.1, 0.15) is 0 Å². The molecule has 7 rings (SSSR count). The molecule has 0 heteroatoms. The van der Waals surface area contributed by atoms with Crippen molar-refractivity contribution in [2.75, 3.05) is 0 Å². The zero-order valence-corrected chi connectivity index (χ0v) is 23.9. The molecule has 0 heterocycles. The number of allylic oxidation sites excluding steroid dienone is 4. The quantitative estimate of drug-likeness (QED) is 0.200. The van der Waals surface area contributed by atoms with E-state index in [1.165, 1.54) is 71.6 Å². The largest absolute Gasteiger partial charge is 0.0808 e. The molecule has 41 heavy (non-hydrogen) atoms. The first-order valence-electron chi connectivity index (χ1n) is 14.7. The second-order valence-corrected chi connectivity index (χ2v) is 11.5. The molecule has 198 valence electrons. The molecule has 1 aliphatic carbocycles. The van der Waals surface area contributed by atoms with Crippen LogP contribution in [0.2, 0.25) is 0 Å². The second kappa shape index (κ2) is 10.4. The lowest BCUT2D eigenvalue weighted by Gasteiger charge is -2.27. The van der Waals surface area contributed by atoms with E-state index in [2.05, 4.69) is 160 Å². The molecule has 2 unspecified atom stereocenters. The SMILES string of the molecule is Cc1ccccc1-c1ccc2c(C3C=CC=CC3C)c3cc(-c4ccccc4C)ccc3c(-c3ccccc3)c2c1. The zero-order valence-electron chi connectivity index (χ0n) is 23.9. The predicted molar refractivity (Wildman–Crippen MR) is 177 cm³/mol. The summed E-state index contributed by atoms with van der Waals surface area (Å²) in [5, 5.41) is 5.32. The van der Waals surface area contributed by atoms with E-state index in [-0.39, 0.29) is 0 Å². The number of rotatable bonds is 4. The molecule has 0 saturated heterocycles. The van der Waals surface area contributed by atoms with Gasteiger partial charge in [-0.05, 0) is 104 Å². The minimum Gasteiger partial charge on any atom is -0.0808 e. The van der Waals surface area contributed by atoms with Gasteiger partial charge in [-0.2, -0.15) is 0 Å². The molecule has 0 aromatic heterocycles. The van der Waals surface area contributed by atoms with Crippen LogP contribution < -0.4 is 0 Å². The second-order valence-electron chi connectivity index (χ2n) is 11.5. The Kier molecular flexibility index (Phi) is 6.40. The van der Waals surface area contributed by atoms with Gasteiger partial charge in [0.05, 0.1) is 0 Å². The summed E-state index contributed by atoms with van der Waals surface area (Å²) in [5.41, 5.74) is 11.7. The third-order valence-corrected chi connectivity index (χ3v) is 8.88. The molecule has 0 fully saturated rings. The molecule has 0 radical (unpaired) electrons. The molecule has 0 aliphatic heterocycles. The van der Waals surface area contributed by atoms with Crippen LogP contribution >= 0.6 is 0 Å². The Labute approximate surface area is 243 Å². The van der Waals surface area contributed by atoms with Crippen LogP contribution in [0.5, 0.6) is 0 Å². The number of hydrogen-bond acceptors (Lipinski definition) is 0. The highest BCUT2D eigenvalue weighted by molar-refractivity contribution is 6.17. The average molecular weight is 527 g/mol. The van der Waals surface area contributed by atoms with Crippen molar-refractivity contribution < 1.29 is 0 Å². The topological polar surface area (TPSA) is 0 Å². The minimum atomic E-state index is 0.297. The van der Waals surface area contributed by atoms with Crippen molar-refractivity contribution in [3.8, 4) is 33.4 Å². The highest BCUT2D eigenvalue weighted by Gasteiger charge is 2.25. The average Bonchev–Trinajstić information content (AvgIpc) is 3.01. The number of fused-ring (bicyclic) bond motifs is 2. The van der Waals surface area contributed by atoms with Crippen molar-refractivity contribution in [1.82, 2.24) is 0 Å². The lowest BCUT2D eigenvalue weighted by atomic mass is 9.77. The van der Waals surface area contributed by atoms with Crippen LogP contribution in [0, 0.1) is 19.8 Å². The first kappa shape index (κ1) is 25.3. The summed E-state index contributed by atoms with van der Waals surface area (Å²) in [7, 11) is 0. The summed E-state index contributed by atoms with van der Waals surface area (Å²) in [6, 6.07) is 42.7. The van der Waals surface area contributed by atoms with Crippen LogP contribution in [0.4, 0.5) is 0 Å². The normalized spacial score (nSPS) is 16.5. The minimum absolute atomic E-state index is 0.297. The first-order valence-corrected chi connectivity index (χ1v) is 14.7. The van der Waals surface area contributed by atoms with E-state index in [9.17, 15) is 0 Å². The Balaban J connectivity index is 1.63. The van der Waals surface area contributed by atoms with Crippen LogP contribution in [0.15, 0.2) is 140 Å². The van der Waals surface area contributed by atoms with E-state index in [4.69, 9.17) is 0 Å².